The number of amides is 1. The van der Waals surface area contributed by atoms with Gasteiger partial charge in [0.05, 0.1) is 13.2 Å². The second-order valence-corrected chi connectivity index (χ2v) is 3.32. The third kappa shape index (κ3) is 4.42. The number of nitrogens with one attached hydrogen (secondary N) is 1. The zero-order chi connectivity index (χ0) is 13.4. The summed E-state index contributed by atoms with van der Waals surface area (Å²) >= 11 is 0. The molecule has 1 amide bonds. The summed E-state index contributed by atoms with van der Waals surface area (Å²) in [6.07, 6.45) is 1.36. The molecule has 0 atom stereocenters. The van der Waals surface area contributed by atoms with Gasteiger partial charge in [-0.3, -0.25) is 4.79 Å². The lowest BCUT2D eigenvalue weighted by Gasteiger charge is -2.10. The van der Waals surface area contributed by atoms with Gasteiger partial charge >= 0.3 is 0 Å². The van der Waals surface area contributed by atoms with Gasteiger partial charge in [0, 0.05) is 6.54 Å². The van der Waals surface area contributed by atoms with Gasteiger partial charge in [0.2, 0.25) is 11.8 Å². The molecule has 0 saturated heterocycles. The smallest absolute Gasteiger partial charge is 0.243 e. The van der Waals surface area contributed by atoms with Crippen molar-refractivity contribution in [1.29, 1.82) is 0 Å². The maximum Gasteiger partial charge on any atom is 0.243 e. The Labute approximate surface area is 105 Å². The van der Waals surface area contributed by atoms with E-state index < -0.39 is 5.91 Å². The zero-order valence-corrected chi connectivity index (χ0v) is 10.2. The second kappa shape index (κ2) is 7.28. The Balaban J connectivity index is 2.42. The number of hydrogen-bond acceptors (Lipinski definition) is 7. The molecule has 0 radical (unpaired) electrons. The zero-order valence-electron chi connectivity index (χ0n) is 10.2. The van der Waals surface area contributed by atoms with Crippen molar-refractivity contribution in [3.63, 3.8) is 0 Å². The number of aromatic nitrogens is 2. The van der Waals surface area contributed by atoms with Gasteiger partial charge in [0.25, 0.3) is 0 Å². The second-order valence-electron chi connectivity index (χ2n) is 3.32. The monoisotopic (exact) mass is 255 g/mol. The number of hydrogen-bond donors (Lipinski definition) is 3. The molecule has 1 aromatic heterocycles. The number of primary amides is 1. The van der Waals surface area contributed by atoms with E-state index in [-0.39, 0.29) is 6.61 Å². The van der Waals surface area contributed by atoms with Crippen molar-refractivity contribution in [3.05, 3.63) is 6.33 Å². The van der Waals surface area contributed by atoms with Crippen LogP contribution < -0.4 is 21.5 Å². The molecular weight excluding hydrogens is 238 g/mol. The predicted molar refractivity (Wildman–Crippen MR) is 66.1 cm³/mol. The Morgan fingerprint density at radius 1 is 1.50 bits per heavy atom. The van der Waals surface area contributed by atoms with Crippen LogP contribution in [0.4, 0.5) is 11.5 Å². The standard InChI is InChI=1S/C10H17N5O3/c1-2-18-10-8(12)9(14-6-15-10)13-3-4-17-5-7(11)16/h6H,2-5,12H2,1H3,(H2,11,16)(H,13,14,15). The molecule has 0 saturated carbocycles. The van der Waals surface area contributed by atoms with E-state index in [4.69, 9.17) is 20.9 Å². The van der Waals surface area contributed by atoms with Crippen LogP contribution in [0.3, 0.4) is 0 Å². The average molecular weight is 255 g/mol. The number of nitrogens with zero attached hydrogens (tertiary/aromatic N) is 2. The molecule has 0 aliphatic heterocycles. The normalized spacial score (nSPS) is 10.1. The van der Waals surface area contributed by atoms with Crippen LogP contribution in [0, 0.1) is 0 Å². The van der Waals surface area contributed by atoms with E-state index in [2.05, 4.69) is 15.3 Å². The number of nitrogen functional groups attached to an aromatic ring is 1. The lowest BCUT2D eigenvalue weighted by atomic mass is 10.4. The van der Waals surface area contributed by atoms with E-state index >= 15 is 0 Å². The van der Waals surface area contributed by atoms with E-state index in [1.807, 2.05) is 6.92 Å². The predicted octanol–water partition coefficient (Wildman–Crippen LogP) is -0.629. The number of carbonyl (C=O) groups excluding carboxylic acids is 1. The van der Waals surface area contributed by atoms with E-state index in [0.717, 1.165) is 0 Å². The molecule has 0 spiro atoms. The minimum atomic E-state index is -0.504. The van der Waals surface area contributed by atoms with Crippen LogP contribution in [0.2, 0.25) is 0 Å². The number of ether oxygens (including phenoxy) is 2. The van der Waals surface area contributed by atoms with Gasteiger partial charge in [-0.05, 0) is 6.92 Å². The number of carbonyl (C=O) groups is 1. The highest BCUT2D eigenvalue weighted by molar-refractivity contribution is 5.75. The van der Waals surface area contributed by atoms with Crippen molar-refractivity contribution in [1.82, 2.24) is 9.97 Å². The number of anilines is 2. The molecule has 1 aromatic rings. The fourth-order valence-corrected chi connectivity index (χ4v) is 1.19. The Morgan fingerprint density at radius 3 is 2.94 bits per heavy atom. The summed E-state index contributed by atoms with van der Waals surface area (Å²) in [7, 11) is 0. The Hall–Kier alpha value is -2.09. The summed E-state index contributed by atoms with van der Waals surface area (Å²) in [5, 5.41) is 2.95. The maximum atomic E-state index is 10.4. The Morgan fingerprint density at radius 2 is 2.28 bits per heavy atom. The van der Waals surface area contributed by atoms with Crippen LogP contribution in [0.25, 0.3) is 0 Å². The molecule has 0 unspecified atom stereocenters. The fraction of sp³-hybridized carbons (Fsp3) is 0.500. The van der Waals surface area contributed by atoms with Gasteiger partial charge in [-0.2, -0.15) is 4.98 Å². The minimum Gasteiger partial charge on any atom is -0.476 e. The van der Waals surface area contributed by atoms with Gasteiger partial charge in [-0.25, -0.2) is 4.98 Å². The van der Waals surface area contributed by atoms with Crippen LogP contribution in [-0.2, 0) is 9.53 Å². The van der Waals surface area contributed by atoms with Crippen LogP contribution in [0.1, 0.15) is 6.92 Å². The molecule has 18 heavy (non-hydrogen) atoms. The van der Waals surface area contributed by atoms with Gasteiger partial charge in [0.15, 0.2) is 5.82 Å². The van der Waals surface area contributed by atoms with E-state index in [9.17, 15) is 4.79 Å². The van der Waals surface area contributed by atoms with Gasteiger partial charge in [0.1, 0.15) is 18.6 Å². The van der Waals surface area contributed by atoms with Gasteiger partial charge in [-0.1, -0.05) is 0 Å². The van der Waals surface area contributed by atoms with Crippen molar-refractivity contribution in [2.75, 3.05) is 37.4 Å². The van der Waals surface area contributed by atoms with Gasteiger partial charge < -0.3 is 26.3 Å². The maximum absolute atomic E-state index is 10.4. The van der Waals surface area contributed by atoms with E-state index in [1.54, 1.807) is 0 Å². The van der Waals surface area contributed by atoms with E-state index in [1.165, 1.54) is 6.33 Å². The lowest BCUT2D eigenvalue weighted by molar-refractivity contribution is -0.122. The fourth-order valence-electron chi connectivity index (χ4n) is 1.19. The Kier molecular flexibility index (Phi) is 5.65. The summed E-state index contributed by atoms with van der Waals surface area (Å²) in [4.78, 5) is 18.3. The summed E-state index contributed by atoms with van der Waals surface area (Å²) in [5.41, 5.74) is 11.1. The summed E-state index contributed by atoms with van der Waals surface area (Å²) < 4.78 is 10.2. The van der Waals surface area contributed by atoms with Gasteiger partial charge in [-0.15, -0.1) is 0 Å². The molecule has 0 aliphatic carbocycles. The summed E-state index contributed by atoms with van der Waals surface area (Å²) in [6, 6.07) is 0. The topological polar surface area (TPSA) is 125 Å². The molecule has 0 bridgehead atoms. The first-order valence-corrected chi connectivity index (χ1v) is 5.48. The first kappa shape index (κ1) is 14.0. The highest BCUT2D eigenvalue weighted by atomic mass is 16.5. The SMILES string of the molecule is CCOc1ncnc(NCCOCC(N)=O)c1N. The number of nitrogens with two attached hydrogens (primary N) is 2. The molecule has 1 heterocycles. The quantitative estimate of drug-likeness (QED) is 0.528. The molecule has 8 heteroatoms. The third-order valence-electron chi connectivity index (χ3n) is 1.91. The minimum absolute atomic E-state index is 0.106. The van der Waals surface area contributed by atoms with Crippen molar-refractivity contribution >= 4 is 17.4 Å². The summed E-state index contributed by atoms with van der Waals surface area (Å²) in [6.45, 7) is 2.97. The molecule has 1 rings (SSSR count). The first-order chi connectivity index (χ1) is 8.65. The third-order valence-corrected chi connectivity index (χ3v) is 1.91. The van der Waals surface area contributed by atoms with Crippen molar-refractivity contribution in [2.45, 2.75) is 6.92 Å². The van der Waals surface area contributed by atoms with Crippen molar-refractivity contribution in [2.24, 2.45) is 5.73 Å². The molecular formula is C10H17N5O3. The van der Waals surface area contributed by atoms with Crippen molar-refractivity contribution < 1.29 is 14.3 Å². The summed E-state index contributed by atoms with van der Waals surface area (Å²) in [5.74, 6) is 0.305. The largest absolute Gasteiger partial charge is 0.476 e. The molecule has 8 nitrogen and oxygen atoms in total. The molecule has 0 fully saturated rings. The van der Waals surface area contributed by atoms with Crippen LogP contribution in [-0.4, -0.2) is 42.2 Å². The molecule has 0 aliphatic rings. The highest BCUT2D eigenvalue weighted by Crippen LogP contribution is 2.23. The molecule has 5 N–H and O–H groups in total. The van der Waals surface area contributed by atoms with Crippen LogP contribution in [0.15, 0.2) is 6.33 Å². The highest BCUT2D eigenvalue weighted by Gasteiger charge is 2.07. The van der Waals surface area contributed by atoms with Crippen LogP contribution in [0.5, 0.6) is 5.88 Å². The molecule has 0 aromatic carbocycles. The Bertz CT molecular complexity index is 399. The molecule has 100 valence electrons. The van der Waals surface area contributed by atoms with E-state index in [0.29, 0.717) is 37.1 Å². The van der Waals surface area contributed by atoms with Crippen molar-refractivity contribution in [3.8, 4) is 5.88 Å². The first-order valence-electron chi connectivity index (χ1n) is 5.48. The lowest BCUT2D eigenvalue weighted by Crippen LogP contribution is -2.21. The number of rotatable bonds is 8. The average Bonchev–Trinajstić information content (AvgIpc) is 2.33. The van der Waals surface area contributed by atoms with Crippen LogP contribution >= 0.6 is 0 Å².